The Morgan fingerprint density at radius 3 is 2.72 bits per heavy atom. The highest BCUT2D eigenvalue weighted by Gasteiger charge is 2.34. The minimum atomic E-state index is -0.166. The average Bonchev–Trinajstić information content (AvgIpc) is 2.96. The highest BCUT2D eigenvalue weighted by molar-refractivity contribution is 5.76. The number of nitrogens with zero attached hydrogens (tertiary/aromatic N) is 2. The van der Waals surface area contributed by atoms with Crippen LogP contribution in [0.15, 0.2) is 24.5 Å². The Morgan fingerprint density at radius 2 is 1.96 bits per heavy atom. The number of hydrogen-bond acceptors (Lipinski definition) is 4. The molecule has 1 saturated carbocycles. The fourth-order valence-corrected chi connectivity index (χ4v) is 4.03. The molecule has 6 heteroatoms. The van der Waals surface area contributed by atoms with E-state index in [1.807, 2.05) is 17.0 Å². The number of nitrogens with one attached hydrogen (secondary N) is 1. The van der Waals surface area contributed by atoms with Gasteiger partial charge in [0.25, 0.3) is 0 Å². The van der Waals surface area contributed by atoms with Gasteiger partial charge in [-0.3, -0.25) is 9.78 Å². The molecule has 1 N–H and O–H groups in total. The van der Waals surface area contributed by atoms with Crippen molar-refractivity contribution < 1.29 is 14.3 Å². The summed E-state index contributed by atoms with van der Waals surface area (Å²) >= 11 is 0. The maximum Gasteiger partial charge on any atom is 0.318 e. The first kappa shape index (κ1) is 17.7. The monoisotopic (exact) mass is 345 g/mol. The first-order chi connectivity index (χ1) is 12.2. The zero-order valence-electron chi connectivity index (χ0n) is 14.8. The third-order valence-electron chi connectivity index (χ3n) is 5.40. The van der Waals surface area contributed by atoms with Crippen LogP contribution < -0.4 is 5.32 Å². The molecule has 1 unspecified atom stereocenters. The van der Waals surface area contributed by atoms with E-state index in [2.05, 4.69) is 10.3 Å². The van der Waals surface area contributed by atoms with Crippen molar-refractivity contribution >= 4 is 12.0 Å². The number of hydrogen-bond donors (Lipinski definition) is 1. The average molecular weight is 345 g/mol. The van der Waals surface area contributed by atoms with Crippen molar-refractivity contribution in [3.05, 3.63) is 30.1 Å². The lowest BCUT2D eigenvalue weighted by Crippen LogP contribution is -2.45. The Bertz CT molecular complexity index is 593. The second-order valence-electron chi connectivity index (χ2n) is 7.02. The van der Waals surface area contributed by atoms with Crippen LogP contribution in [-0.4, -0.2) is 41.6 Å². The van der Waals surface area contributed by atoms with Crippen molar-refractivity contribution in [1.82, 2.24) is 15.2 Å². The van der Waals surface area contributed by atoms with Crippen LogP contribution >= 0.6 is 0 Å². The quantitative estimate of drug-likeness (QED) is 0.855. The van der Waals surface area contributed by atoms with Crippen LogP contribution in [0.3, 0.4) is 0 Å². The number of aromatic nitrogens is 1. The fraction of sp³-hybridized carbons (Fsp3) is 0.632. The van der Waals surface area contributed by atoms with Crippen molar-refractivity contribution in [3.8, 4) is 0 Å². The van der Waals surface area contributed by atoms with Crippen LogP contribution in [0, 0.1) is 5.92 Å². The van der Waals surface area contributed by atoms with Gasteiger partial charge in [-0.25, -0.2) is 4.79 Å². The van der Waals surface area contributed by atoms with E-state index in [9.17, 15) is 9.59 Å². The molecule has 1 aromatic heterocycles. The molecule has 0 aromatic carbocycles. The molecule has 6 nitrogen and oxygen atoms in total. The number of carbonyl (C=O) groups is 2. The highest BCUT2D eigenvalue weighted by Crippen LogP contribution is 2.31. The second kappa shape index (κ2) is 8.32. The van der Waals surface area contributed by atoms with Crippen LogP contribution in [-0.2, 0) is 9.53 Å². The molecule has 1 aromatic rings. The molecule has 1 aliphatic carbocycles. The number of urea groups is 1. The molecule has 3 atom stereocenters. The molecule has 2 heterocycles. The van der Waals surface area contributed by atoms with Crippen LogP contribution in [0.5, 0.6) is 0 Å². The van der Waals surface area contributed by atoms with Gasteiger partial charge in [-0.1, -0.05) is 12.8 Å². The fourth-order valence-electron chi connectivity index (χ4n) is 4.03. The van der Waals surface area contributed by atoms with Gasteiger partial charge in [0.15, 0.2) is 0 Å². The summed E-state index contributed by atoms with van der Waals surface area (Å²) in [5.41, 5.74) is 1.14. The molecule has 136 valence electrons. The summed E-state index contributed by atoms with van der Waals surface area (Å²) in [6, 6.07) is 4.14. The Kier molecular flexibility index (Phi) is 5.89. The van der Waals surface area contributed by atoms with Crippen molar-refractivity contribution in [1.29, 1.82) is 0 Å². The smallest absolute Gasteiger partial charge is 0.318 e. The van der Waals surface area contributed by atoms with E-state index < -0.39 is 0 Å². The van der Waals surface area contributed by atoms with Crippen molar-refractivity contribution in [2.24, 2.45) is 5.92 Å². The van der Waals surface area contributed by atoms with Gasteiger partial charge in [0.1, 0.15) is 0 Å². The third kappa shape index (κ3) is 4.30. The molecule has 0 bridgehead atoms. The number of likely N-dealkylation sites (tertiary alicyclic amines) is 1. The van der Waals surface area contributed by atoms with Gasteiger partial charge >= 0.3 is 12.0 Å². The summed E-state index contributed by atoms with van der Waals surface area (Å²) < 4.78 is 4.83. The van der Waals surface area contributed by atoms with Crippen LogP contribution in [0.4, 0.5) is 4.79 Å². The molecule has 2 amide bonds. The zero-order chi connectivity index (χ0) is 17.6. The molecule has 1 aliphatic heterocycles. The van der Waals surface area contributed by atoms with Gasteiger partial charge in [0, 0.05) is 25.0 Å². The van der Waals surface area contributed by atoms with Gasteiger partial charge in [0.2, 0.25) is 0 Å². The lowest BCUT2D eigenvalue weighted by Gasteiger charge is -2.31. The maximum absolute atomic E-state index is 12.9. The highest BCUT2D eigenvalue weighted by atomic mass is 16.5. The van der Waals surface area contributed by atoms with E-state index in [0.717, 1.165) is 50.6 Å². The summed E-state index contributed by atoms with van der Waals surface area (Å²) in [4.78, 5) is 30.7. The van der Waals surface area contributed by atoms with Crippen LogP contribution in [0.25, 0.3) is 0 Å². The molecule has 1 saturated heterocycles. The van der Waals surface area contributed by atoms with E-state index in [-0.39, 0.29) is 30.0 Å². The van der Waals surface area contributed by atoms with E-state index in [4.69, 9.17) is 4.74 Å². The summed E-state index contributed by atoms with van der Waals surface area (Å²) in [5.74, 6) is -0.253. The van der Waals surface area contributed by atoms with E-state index in [0.29, 0.717) is 6.42 Å². The predicted molar refractivity (Wildman–Crippen MR) is 93.8 cm³/mol. The lowest BCUT2D eigenvalue weighted by atomic mass is 10.0. The number of esters is 1. The summed E-state index contributed by atoms with van der Waals surface area (Å²) in [5, 5.41) is 3.15. The van der Waals surface area contributed by atoms with Crippen molar-refractivity contribution in [2.75, 3.05) is 13.7 Å². The first-order valence-corrected chi connectivity index (χ1v) is 9.24. The van der Waals surface area contributed by atoms with Gasteiger partial charge in [-0.15, -0.1) is 0 Å². The van der Waals surface area contributed by atoms with Gasteiger partial charge in [-0.05, 0) is 49.8 Å². The third-order valence-corrected chi connectivity index (χ3v) is 5.40. The Morgan fingerprint density at radius 1 is 1.16 bits per heavy atom. The summed E-state index contributed by atoms with van der Waals surface area (Å²) in [6.45, 7) is 0.770. The number of methoxy groups -OCH3 is 1. The van der Waals surface area contributed by atoms with E-state index in [1.165, 1.54) is 7.11 Å². The first-order valence-electron chi connectivity index (χ1n) is 9.24. The Labute approximate surface area is 148 Å². The molecule has 0 spiro atoms. The number of pyridine rings is 1. The molecular formula is C19H27N3O3. The normalized spacial score (nSPS) is 26.8. The SMILES string of the molecule is COC(=O)[C@H]1CC[C@@H](NC(=O)N2CCCCCC2c2ccncc2)C1. The standard InChI is InChI=1S/C19H27N3O3/c1-25-18(23)15-6-7-16(13-15)21-19(24)22-12-4-2-3-5-17(22)14-8-10-20-11-9-14/h8-11,15-17H,2-7,12-13H2,1H3,(H,21,24)/t15-,16+,17?/m0/s1. The number of rotatable bonds is 3. The van der Waals surface area contributed by atoms with Crippen molar-refractivity contribution in [3.63, 3.8) is 0 Å². The van der Waals surface area contributed by atoms with Gasteiger partial charge in [-0.2, -0.15) is 0 Å². The molecule has 25 heavy (non-hydrogen) atoms. The van der Waals surface area contributed by atoms with E-state index in [1.54, 1.807) is 12.4 Å². The van der Waals surface area contributed by atoms with E-state index >= 15 is 0 Å². The molecule has 2 aliphatic rings. The minimum Gasteiger partial charge on any atom is -0.469 e. The number of ether oxygens (including phenoxy) is 1. The topological polar surface area (TPSA) is 71.5 Å². The van der Waals surface area contributed by atoms with Crippen LogP contribution in [0.2, 0.25) is 0 Å². The molecular weight excluding hydrogens is 318 g/mol. The van der Waals surface area contributed by atoms with Gasteiger partial charge in [0.05, 0.1) is 19.1 Å². The van der Waals surface area contributed by atoms with Crippen molar-refractivity contribution in [2.45, 2.75) is 57.0 Å². The Hall–Kier alpha value is -2.11. The Balaban J connectivity index is 1.65. The molecule has 3 rings (SSSR count). The largest absolute Gasteiger partial charge is 0.469 e. The lowest BCUT2D eigenvalue weighted by molar-refractivity contribution is -0.145. The summed E-state index contributed by atoms with van der Waals surface area (Å²) in [6.07, 6.45) is 10.2. The summed E-state index contributed by atoms with van der Waals surface area (Å²) in [7, 11) is 1.42. The number of amides is 2. The minimum absolute atomic E-state index is 0.0146. The zero-order valence-corrected chi connectivity index (χ0v) is 14.8. The molecule has 0 radical (unpaired) electrons. The maximum atomic E-state index is 12.9. The number of carbonyl (C=O) groups excluding carboxylic acids is 2. The second-order valence-corrected chi connectivity index (χ2v) is 7.02. The van der Waals surface area contributed by atoms with Gasteiger partial charge < -0.3 is 15.0 Å². The molecule has 2 fully saturated rings. The predicted octanol–water partition coefficient (Wildman–Crippen LogP) is 3.05. The van der Waals surface area contributed by atoms with Crippen LogP contribution in [0.1, 0.15) is 56.6 Å².